The molecule has 0 aliphatic carbocycles. The van der Waals surface area contributed by atoms with Crippen LogP contribution in [0.15, 0.2) is 60.7 Å². The van der Waals surface area contributed by atoms with Crippen LogP contribution in [0.1, 0.15) is 5.56 Å². The van der Waals surface area contributed by atoms with Crippen molar-refractivity contribution >= 4 is 45.1 Å². The molecule has 0 fully saturated rings. The van der Waals surface area contributed by atoms with Gasteiger partial charge in [-0.2, -0.15) is 0 Å². The first-order chi connectivity index (χ1) is 13.7. The zero-order valence-electron chi connectivity index (χ0n) is 14.8. The molecule has 0 radical (unpaired) electrons. The summed E-state index contributed by atoms with van der Waals surface area (Å²) in [7, 11) is 0. The number of fused-ring (bicyclic) bond motifs is 3. The zero-order chi connectivity index (χ0) is 18.9. The second-order valence-corrected chi connectivity index (χ2v) is 6.82. The SMILES string of the molecule is S=C(NCc1ccc2c(c1)OCO2)Nc1ccc2nc3ccccc3nc2c1. The normalized spacial score (nSPS) is 12.3. The van der Waals surface area contributed by atoms with E-state index in [9.17, 15) is 0 Å². The monoisotopic (exact) mass is 388 g/mol. The molecule has 0 saturated heterocycles. The van der Waals surface area contributed by atoms with Crippen molar-refractivity contribution in [2.75, 3.05) is 12.1 Å². The highest BCUT2D eigenvalue weighted by Crippen LogP contribution is 2.32. The van der Waals surface area contributed by atoms with Gasteiger partial charge in [-0.05, 0) is 60.2 Å². The third-order valence-electron chi connectivity index (χ3n) is 4.49. The van der Waals surface area contributed by atoms with Crippen LogP contribution in [0.25, 0.3) is 22.1 Å². The summed E-state index contributed by atoms with van der Waals surface area (Å²) in [6, 6.07) is 19.5. The van der Waals surface area contributed by atoms with E-state index in [1.165, 1.54) is 0 Å². The van der Waals surface area contributed by atoms with Crippen LogP contribution in [0.2, 0.25) is 0 Å². The molecule has 1 aliphatic rings. The van der Waals surface area contributed by atoms with E-state index in [2.05, 4.69) is 20.6 Å². The summed E-state index contributed by atoms with van der Waals surface area (Å²) in [4.78, 5) is 9.32. The lowest BCUT2D eigenvalue weighted by Gasteiger charge is -2.11. The Morgan fingerprint density at radius 2 is 1.61 bits per heavy atom. The van der Waals surface area contributed by atoms with Crippen molar-refractivity contribution in [2.24, 2.45) is 0 Å². The summed E-state index contributed by atoms with van der Waals surface area (Å²) in [6.45, 7) is 0.854. The van der Waals surface area contributed by atoms with E-state index in [-0.39, 0.29) is 6.79 Å². The first-order valence-corrected chi connectivity index (χ1v) is 9.25. The molecule has 2 N–H and O–H groups in total. The maximum Gasteiger partial charge on any atom is 0.231 e. The highest BCUT2D eigenvalue weighted by atomic mass is 32.1. The van der Waals surface area contributed by atoms with Crippen LogP contribution in [0.3, 0.4) is 0 Å². The number of nitrogens with one attached hydrogen (secondary N) is 2. The van der Waals surface area contributed by atoms with E-state index in [0.717, 1.165) is 44.8 Å². The largest absolute Gasteiger partial charge is 0.454 e. The minimum Gasteiger partial charge on any atom is -0.454 e. The Bertz CT molecular complexity index is 1210. The maximum atomic E-state index is 5.42. The van der Waals surface area contributed by atoms with Gasteiger partial charge in [0.1, 0.15) is 0 Å². The fourth-order valence-electron chi connectivity index (χ4n) is 3.11. The van der Waals surface area contributed by atoms with E-state index < -0.39 is 0 Å². The predicted molar refractivity (Wildman–Crippen MR) is 113 cm³/mol. The first-order valence-electron chi connectivity index (χ1n) is 8.84. The number of benzene rings is 3. The summed E-state index contributed by atoms with van der Waals surface area (Å²) in [5.74, 6) is 1.53. The lowest BCUT2D eigenvalue weighted by atomic mass is 10.2. The summed E-state index contributed by atoms with van der Waals surface area (Å²) in [6.07, 6.45) is 0. The number of para-hydroxylation sites is 2. The number of thiocarbonyl (C=S) groups is 1. The fourth-order valence-corrected chi connectivity index (χ4v) is 3.30. The molecule has 0 spiro atoms. The molecule has 7 heteroatoms. The molecule has 6 nitrogen and oxygen atoms in total. The molecule has 3 aromatic carbocycles. The van der Waals surface area contributed by atoms with Crippen molar-refractivity contribution in [2.45, 2.75) is 6.54 Å². The first kappa shape index (κ1) is 16.7. The third kappa shape index (κ3) is 3.27. The van der Waals surface area contributed by atoms with E-state index in [1.807, 2.05) is 60.7 Å². The van der Waals surface area contributed by atoms with Gasteiger partial charge in [0.25, 0.3) is 0 Å². The van der Waals surface area contributed by atoms with Crippen molar-refractivity contribution in [1.29, 1.82) is 0 Å². The second kappa shape index (κ2) is 6.94. The van der Waals surface area contributed by atoms with E-state index >= 15 is 0 Å². The number of nitrogens with zero attached hydrogens (tertiary/aromatic N) is 2. The minimum absolute atomic E-state index is 0.270. The van der Waals surface area contributed by atoms with Crippen LogP contribution < -0.4 is 20.1 Å². The van der Waals surface area contributed by atoms with Gasteiger partial charge >= 0.3 is 0 Å². The molecular formula is C21H16N4O2S. The summed E-state index contributed by atoms with van der Waals surface area (Å²) in [5, 5.41) is 6.94. The minimum atomic E-state index is 0.270. The molecule has 1 aliphatic heterocycles. The van der Waals surface area contributed by atoms with Gasteiger partial charge in [0.05, 0.1) is 22.1 Å². The van der Waals surface area contributed by atoms with Crippen LogP contribution in [0.5, 0.6) is 11.5 Å². The Morgan fingerprint density at radius 3 is 2.46 bits per heavy atom. The van der Waals surface area contributed by atoms with Gasteiger partial charge in [-0.3, -0.25) is 0 Å². The van der Waals surface area contributed by atoms with Crippen LogP contribution in [0, 0.1) is 0 Å². The van der Waals surface area contributed by atoms with Crippen LogP contribution >= 0.6 is 12.2 Å². The van der Waals surface area contributed by atoms with Crippen molar-refractivity contribution in [3.05, 3.63) is 66.2 Å². The number of hydrogen-bond donors (Lipinski definition) is 2. The predicted octanol–water partition coefficient (Wildman–Crippen LogP) is 4.00. The lowest BCUT2D eigenvalue weighted by molar-refractivity contribution is 0.174. The summed E-state index contributed by atoms with van der Waals surface area (Å²) >= 11 is 5.42. The smallest absolute Gasteiger partial charge is 0.231 e. The summed E-state index contributed by atoms with van der Waals surface area (Å²) < 4.78 is 10.7. The molecular weight excluding hydrogens is 372 g/mol. The van der Waals surface area contributed by atoms with Crippen molar-refractivity contribution in [3.63, 3.8) is 0 Å². The molecule has 1 aromatic heterocycles. The highest BCUT2D eigenvalue weighted by molar-refractivity contribution is 7.80. The summed E-state index contributed by atoms with van der Waals surface area (Å²) in [5.41, 5.74) is 5.35. The van der Waals surface area contributed by atoms with Gasteiger partial charge < -0.3 is 20.1 Å². The Morgan fingerprint density at radius 1 is 0.857 bits per heavy atom. The van der Waals surface area contributed by atoms with Gasteiger partial charge in [-0.1, -0.05) is 18.2 Å². The van der Waals surface area contributed by atoms with E-state index in [1.54, 1.807) is 0 Å². The van der Waals surface area contributed by atoms with Crippen LogP contribution in [0.4, 0.5) is 5.69 Å². The molecule has 2 heterocycles. The standard InChI is InChI=1S/C21H16N4O2S/c28-21(22-11-13-5-8-19-20(9-13)27-12-26-19)23-14-6-7-17-18(10-14)25-16-4-2-1-3-15(16)24-17/h1-10H,11-12H2,(H2,22,23,28). The average molecular weight is 388 g/mol. The molecule has 28 heavy (non-hydrogen) atoms. The third-order valence-corrected chi connectivity index (χ3v) is 4.73. The van der Waals surface area contributed by atoms with Crippen LogP contribution in [-0.2, 0) is 6.54 Å². The molecule has 0 atom stereocenters. The van der Waals surface area contributed by atoms with E-state index in [0.29, 0.717) is 11.7 Å². The van der Waals surface area contributed by atoms with Gasteiger partial charge in [-0.15, -0.1) is 0 Å². The molecule has 0 unspecified atom stereocenters. The number of rotatable bonds is 3. The lowest BCUT2D eigenvalue weighted by Crippen LogP contribution is -2.27. The van der Waals surface area contributed by atoms with Gasteiger partial charge in [0.2, 0.25) is 6.79 Å². The van der Waals surface area contributed by atoms with Crippen molar-refractivity contribution in [1.82, 2.24) is 15.3 Å². The Labute approximate surface area is 166 Å². The topological polar surface area (TPSA) is 68.3 Å². The number of ether oxygens (including phenoxy) is 2. The molecule has 4 aromatic rings. The van der Waals surface area contributed by atoms with Gasteiger partial charge in [0, 0.05) is 12.2 Å². The van der Waals surface area contributed by atoms with E-state index in [4.69, 9.17) is 21.7 Å². The second-order valence-electron chi connectivity index (χ2n) is 6.41. The number of aromatic nitrogens is 2. The van der Waals surface area contributed by atoms with Crippen molar-refractivity contribution < 1.29 is 9.47 Å². The average Bonchev–Trinajstić information content (AvgIpc) is 3.18. The molecule has 0 bridgehead atoms. The fraction of sp³-hybridized carbons (Fsp3) is 0.0952. The van der Waals surface area contributed by atoms with Gasteiger partial charge in [-0.25, -0.2) is 9.97 Å². The maximum absolute atomic E-state index is 5.42. The molecule has 138 valence electrons. The zero-order valence-corrected chi connectivity index (χ0v) is 15.6. The highest BCUT2D eigenvalue weighted by Gasteiger charge is 2.13. The quantitative estimate of drug-likeness (QED) is 0.406. The number of anilines is 1. The molecule has 0 saturated carbocycles. The van der Waals surface area contributed by atoms with Crippen molar-refractivity contribution in [3.8, 4) is 11.5 Å². The van der Waals surface area contributed by atoms with Crippen LogP contribution in [-0.4, -0.2) is 21.9 Å². The van der Waals surface area contributed by atoms with Gasteiger partial charge in [0.15, 0.2) is 16.6 Å². The Hall–Kier alpha value is -3.45. The molecule has 5 rings (SSSR count). The Kier molecular flexibility index (Phi) is 4.14. The molecule has 0 amide bonds. The number of hydrogen-bond acceptors (Lipinski definition) is 5. The Balaban J connectivity index is 1.29.